The van der Waals surface area contributed by atoms with Gasteiger partial charge in [-0.05, 0) is 36.3 Å². The number of hydrogen-bond donors (Lipinski definition) is 0. The molecule has 0 aromatic heterocycles. The second-order valence-electron chi connectivity index (χ2n) is 7.31. The highest BCUT2D eigenvalue weighted by Gasteiger charge is 2.35. The number of nitrogens with zero attached hydrogens (tertiary/aromatic N) is 2. The summed E-state index contributed by atoms with van der Waals surface area (Å²) < 4.78 is 0. The monoisotopic (exact) mass is 388 g/mol. The van der Waals surface area contributed by atoms with Crippen molar-refractivity contribution in [1.82, 2.24) is 4.90 Å². The molecule has 2 heterocycles. The van der Waals surface area contributed by atoms with Gasteiger partial charge in [0, 0.05) is 18.5 Å². The lowest BCUT2D eigenvalue weighted by molar-refractivity contribution is 0.0656. The molecule has 2 aliphatic heterocycles. The number of anilines is 1. The van der Waals surface area contributed by atoms with Crippen LogP contribution in [0.5, 0.6) is 0 Å². The Kier molecular flexibility index (Phi) is 4.13. The summed E-state index contributed by atoms with van der Waals surface area (Å²) in [6.45, 7) is 0.410. The third-order valence-electron chi connectivity index (χ3n) is 5.68. The highest BCUT2D eigenvalue weighted by Crippen LogP contribution is 2.43. The topological polar surface area (TPSA) is 40.6 Å². The summed E-state index contributed by atoms with van der Waals surface area (Å²) in [7, 11) is 2.13. The fourth-order valence-corrected chi connectivity index (χ4v) is 5.49. The molecule has 2 amide bonds. The number of imide groups is 1. The van der Waals surface area contributed by atoms with Crippen LogP contribution in [0.2, 0.25) is 0 Å². The third-order valence-corrected chi connectivity index (χ3v) is 6.99. The molecule has 5 heteroatoms. The first-order valence-corrected chi connectivity index (χ1v) is 10.3. The average Bonchev–Trinajstić information content (AvgIpc) is 2.97. The Morgan fingerprint density at radius 1 is 0.964 bits per heavy atom. The van der Waals surface area contributed by atoms with Gasteiger partial charge in [0.1, 0.15) is 0 Å². The van der Waals surface area contributed by atoms with Crippen LogP contribution >= 0.6 is 11.8 Å². The Hall–Kier alpha value is -2.79. The van der Waals surface area contributed by atoms with Gasteiger partial charge in [0.2, 0.25) is 0 Å². The van der Waals surface area contributed by atoms with Gasteiger partial charge in [-0.1, -0.05) is 42.5 Å². The van der Waals surface area contributed by atoms with E-state index in [9.17, 15) is 9.59 Å². The van der Waals surface area contributed by atoms with Gasteiger partial charge in [0.05, 0.1) is 28.1 Å². The van der Waals surface area contributed by atoms with Crippen LogP contribution in [0.3, 0.4) is 0 Å². The highest BCUT2D eigenvalue weighted by molar-refractivity contribution is 8.00. The Labute approximate surface area is 168 Å². The molecule has 0 spiro atoms. The fourth-order valence-electron chi connectivity index (χ4n) is 4.15. The van der Waals surface area contributed by atoms with E-state index in [1.165, 1.54) is 21.1 Å². The Morgan fingerprint density at radius 2 is 1.64 bits per heavy atom. The largest absolute Gasteiger partial charge is 0.366 e. The Balaban J connectivity index is 1.32. The van der Waals surface area contributed by atoms with E-state index < -0.39 is 0 Å². The molecule has 2 aromatic rings. The van der Waals surface area contributed by atoms with Crippen molar-refractivity contribution in [3.63, 3.8) is 0 Å². The minimum absolute atomic E-state index is 0.182. The van der Waals surface area contributed by atoms with Crippen LogP contribution in [0.15, 0.2) is 77.2 Å². The smallest absolute Gasteiger partial charge is 0.261 e. The normalized spacial score (nSPS) is 22.7. The van der Waals surface area contributed by atoms with E-state index in [0.29, 0.717) is 29.3 Å². The SMILES string of the molecule is CN1c2ccccc2S[C@@H]2C=CC(CCN3C(=O)c4ccccc4C3=O)=C[C@@H]21. The van der Waals surface area contributed by atoms with Gasteiger partial charge in [-0.3, -0.25) is 14.5 Å². The first-order chi connectivity index (χ1) is 13.6. The van der Waals surface area contributed by atoms with Crippen molar-refractivity contribution in [3.8, 4) is 0 Å². The second-order valence-corrected chi connectivity index (χ2v) is 8.53. The van der Waals surface area contributed by atoms with E-state index in [4.69, 9.17) is 0 Å². The first kappa shape index (κ1) is 17.3. The summed E-state index contributed by atoms with van der Waals surface area (Å²) in [4.78, 5) is 30.1. The van der Waals surface area contributed by atoms with Gasteiger partial charge in [-0.2, -0.15) is 0 Å². The molecule has 2 aromatic carbocycles. The van der Waals surface area contributed by atoms with Crippen LogP contribution in [0, 0.1) is 0 Å². The molecule has 0 N–H and O–H groups in total. The first-order valence-electron chi connectivity index (χ1n) is 9.46. The number of rotatable bonds is 3. The second kappa shape index (κ2) is 6.67. The molecule has 5 rings (SSSR count). The molecule has 140 valence electrons. The van der Waals surface area contributed by atoms with Crippen LogP contribution in [0.4, 0.5) is 5.69 Å². The van der Waals surface area contributed by atoms with Crippen molar-refractivity contribution in [1.29, 1.82) is 0 Å². The molecule has 4 nitrogen and oxygen atoms in total. The molecule has 1 aliphatic carbocycles. The minimum atomic E-state index is -0.182. The van der Waals surface area contributed by atoms with Crippen LogP contribution in [0.25, 0.3) is 0 Å². The van der Waals surface area contributed by atoms with Crippen molar-refractivity contribution in [2.75, 3.05) is 18.5 Å². The van der Waals surface area contributed by atoms with Crippen LogP contribution in [-0.4, -0.2) is 41.6 Å². The molecule has 28 heavy (non-hydrogen) atoms. The number of hydrogen-bond acceptors (Lipinski definition) is 4. The summed E-state index contributed by atoms with van der Waals surface area (Å²) in [5.41, 5.74) is 3.45. The number of fused-ring (bicyclic) bond motifs is 3. The quantitative estimate of drug-likeness (QED) is 0.741. The maximum atomic E-state index is 12.6. The Bertz CT molecular complexity index is 1010. The maximum absolute atomic E-state index is 12.6. The number of allylic oxidation sites excluding steroid dienone is 1. The minimum Gasteiger partial charge on any atom is -0.366 e. The number of para-hydroxylation sites is 1. The van der Waals surface area contributed by atoms with Gasteiger partial charge >= 0.3 is 0 Å². The fraction of sp³-hybridized carbons (Fsp3) is 0.217. The molecule has 0 fully saturated rings. The predicted octanol–water partition coefficient (Wildman–Crippen LogP) is 4.15. The summed E-state index contributed by atoms with van der Waals surface area (Å²) in [5.74, 6) is -0.365. The van der Waals surface area contributed by atoms with E-state index in [1.807, 2.05) is 11.8 Å². The predicted molar refractivity (Wildman–Crippen MR) is 112 cm³/mol. The van der Waals surface area contributed by atoms with E-state index >= 15 is 0 Å². The number of carbonyl (C=O) groups excluding carboxylic acids is 2. The summed E-state index contributed by atoms with van der Waals surface area (Å²) in [5, 5.41) is 0.378. The summed E-state index contributed by atoms with van der Waals surface area (Å²) in [6.07, 6.45) is 7.35. The summed E-state index contributed by atoms with van der Waals surface area (Å²) in [6, 6.07) is 15.8. The molecule has 2 atom stereocenters. The molecule has 0 bridgehead atoms. The lowest BCUT2D eigenvalue weighted by Gasteiger charge is -2.40. The van der Waals surface area contributed by atoms with E-state index in [-0.39, 0.29) is 17.9 Å². The molecule has 0 saturated carbocycles. The lowest BCUT2D eigenvalue weighted by atomic mass is 9.98. The van der Waals surface area contributed by atoms with Crippen LogP contribution in [-0.2, 0) is 0 Å². The number of carbonyl (C=O) groups is 2. The van der Waals surface area contributed by atoms with E-state index in [0.717, 1.165) is 0 Å². The Morgan fingerprint density at radius 3 is 2.39 bits per heavy atom. The van der Waals surface area contributed by atoms with Gasteiger partial charge in [-0.15, -0.1) is 11.8 Å². The van der Waals surface area contributed by atoms with Crippen molar-refractivity contribution >= 4 is 29.3 Å². The van der Waals surface area contributed by atoms with Gasteiger partial charge < -0.3 is 4.90 Å². The van der Waals surface area contributed by atoms with Crippen molar-refractivity contribution in [3.05, 3.63) is 83.5 Å². The number of likely N-dealkylation sites (N-methyl/N-ethyl adjacent to an activating group) is 1. The molecular formula is C23H20N2O2S. The van der Waals surface area contributed by atoms with Crippen LogP contribution in [0.1, 0.15) is 27.1 Å². The number of amides is 2. The average molecular weight is 388 g/mol. The molecule has 0 radical (unpaired) electrons. The third kappa shape index (κ3) is 2.69. The van der Waals surface area contributed by atoms with E-state index in [1.54, 1.807) is 24.3 Å². The molecule has 0 unspecified atom stereocenters. The highest BCUT2D eigenvalue weighted by atomic mass is 32.2. The standard InChI is InChI=1S/C23H20N2O2S/c1-24-18-8-4-5-9-20(18)28-21-11-10-15(14-19(21)24)12-13-25-22(26)16-6-2-3-7-17(16)23(25)27/h2-11,14,19,21H,12-13H2,1H3/t19-,21+/m0/s1. The zero-order valence-corrected chi connectivity index (χ0v) is 16.4. The number of benzene rings is 2. The maximum Gasteiger partial charge on any atom is 0.261 e. The van der Waals surface area contributed by atoms with Crippen molar-refractivity contribution < 1.29 is 9.59 Å². The molecule has 0 saturated heterocycles. The van der Waals surface area contributed by atoms with E-state index in [2.05, 4.69) is 54.4 Å². The molecular weight excluding hydrogens is 368 g/mol. The van der Waals surface area contributed by atoms with Crippen LogP contribution < -0.4 is 4.90 Å². The number of thioether (sulfide) groups is 1. The van der Waals surface area contributed by atoms with Gasteiger partial charge in [0.15, 0.2) is 0 Å². The summed E-state index contributed by atoms with van der Waals surface area (Å²) >= 11 is 1.89. The molecule has 3 aliphatic rings. The zero-order chi connectivity index (χ0) is 19.3. The van der Waals surface area contributed by atoms with Gasteiger partial charge in [-0.25, -0.2) is 0 Å². The van der Waals surface area contributed by atoms with Crippen molar-refractivity contribution in [2.24, 2.45) is 0 Å². The lowest BCUT2D eigenvalue weighted by Crippen LogP contribution is -2.42. The van der Waals surface area contributed by atoms with Crippen molar-refractivity contribution in [2.45, 2.75) is 22.6 Å². The zero-order valence-electron chi connectivity index (χ0n) is 15.5. The van der Waals surface area contributed by atoms with Gasteiger partial charge in [0.25, 0.3) is 11.8 Å².